The lowest BCUT2D eigenvalue weighted by atomic mass is 10.2. The molecule has 0 saturated carbocycles. The minimum atomic E-state index is -0.585. The maximum Gasteiger partial charge on any atom is 0.384 e. The molecule has 0 radical (unpaired) electrons. The Morgan fingerprint density at radius 2 is 0.426 bits per heavy atom. The molecule has 0 fully saturated rings. The number of allylic oxidation sites excluding steroid dienone is 3. The van der Waals surface area contributed by atoms with Crippen molar-refractivity contribution in [1.29, 1.82) is 0 Å². The van der Waals surface area contributed by atoms with Gasteiger partial charge in [0.1, 0.15) is 92.1 Å². The molecule has 21 nitrogen and oxygen atoms in total. The molecule has 0 bridgehead atoms. The summed E-state index contributed by atoms with van der Waals surface area (Å²) in [6, 6.07) is 0. The summed E-state index contributed by atoms with van der Waals surface area (Å²) < 4.78 is 41.9. The van der Waals surface area contributed by atoms with Crippen LogP contribution in [0.25, 0.3) is 0 Å². The number of carbonyl (C=O) groups is 7. The monoisotopic (exact) mass is 1530 g/mol. The molecule has 2 atom stereocenters. The van der Waals surface area contributed by atoms with Crippen LogP contribution in [0.2, 0.25) is 0 Å². The number of esters is 7. The Kier molecular flexibility index (Phi) is 79.2. The number of terminal acetylenes is 4. The zero-order chi connectivity index (χ0) is 84.3. The molecule has 0 aromatic carbocycles. The quantitative estimate of drug-likeness (QED) is 0.0140. The molecule has 626 valence electrons. The van der Waals surface area contributed by atoms with Gasteiger partial charge in [-0.3, -0.25) is 0 Å². The summed E-state index contributed by atoms with van der Waals surface area (Å²) in [6.07, 6.45) is 41.0. The highest BCUT2D eigenvalue weighted by atomic mass is 16.6. The number of unbranched alkanes of at least 4 members (excludes halogenated alkanes) is 2. The SMILES string of the molecule is C#CC(=O)OCC[N+](C)(C)C.C#CC(=O)OCC[N+](CC)(CC)CC.C#CC(=O)OCC[N+](CC)(CCC)CCC.C#CC(=O)OCC[N+](CC)(CCC)CCCC.C/C=C/C(=O)OCC[N+](CC)(CC)CC.C/C=C/C(=O)OCC[N+](CC)(CCC)CCC.C/C=C/C(=O)OCC[N+](CC)(CCC)CCCC. The van der Waals surface area contributed by atoms with Gasteiger partial charge in [-0.2, -0.15) is 0 Å². The summed E-state index contributed by atoms with van der Waals surface area (Å²) in [5.74, 6) is 4.82. The highest BCUT2D eigenvalue weighted by molar-refractivity contribution is 5.88. The third kappa shape index (κ3) is 63.3. The van der Waals surface area contributed by atoms with Crippen molar-refractivity contribution < 1.29 is 98.1 Å². The molecule has 0 amide bonds. The smallest absolute Gasteiger partial charge is 0.384 e. The van der Waals surface area contributed by atoms with Gasteiger partial charge in [0.2, 0.25) is 0 Å². The predicted molar refractivity (Wildman–Crippen MR) is 446 cm³/mol. The molecule has 0 N–H and O–H groups in total. The number of quaternary nitrogens is 7. The van der Waals surface area contributed by atoms with Crippen LogP contribution in [-0.2, 0) is 66.7 Å². The Labute approximate surface area is 663 Å². The van der Waals surface area contributed by atoms with Crippen LogP contribution in [-0.4, -0.2) is 304 Å². The standard InChI is InChI=1S/C15H30NO2.C14H26NO2.C14H28NO2.C13H24NO2.C12H24NO2.C11H20NO2.C8H14NO2/c1-5-9-12-16(8-4,11-7-3)13-14-18-15(17)10-6-2;1-5-9-11-15(8-4,10-6-2)12-13-17-14(16)7-3;1-5-9-14(16)17-13-12-15(8-4,10-6-2)11-7-3;1-5-9-14(8-4,10-6-2)11-12-16-13(15)7-3;1-5-9-12(14)15-11-10-13(6-2,7-3)8-4;1-5-11(13)14-10-9-12(6-2,7-3)8-4;1-5-8(10)11-7-6-9(2,3)4/h6,10H,5,7-9,11-14H2,1-4H3;3H,5-6,8-13H2,1-2,4H3;5,9H,6-8,10-13H2,1-4H3;3H,5-6,8-12H2,1-2,4H3;5,9H,6-8,10-11H2,1-4H3;1H,6-10H2,2-4H3;1H,6-7H2,2-4H3/q7*+1/b10-6+;;9-5+;;9-5+;;. The zero-order valence-electron chi connectivity index (χ0n) is 73.8. The fraction of sp³-hybridized carbons (Fsp3) is 0.759. The number of carbonyl (C=O) groups excluding carboxylic acids is 7. The van der Waals surface area contributed by atoms with Crippen LogP contribution < -0.4 is 0 Å². The van der Waals surface area contributed by atoms with Crippen LogP contribution in [0.1, 0.15) is 210 Å². The molecule has 0 rings (SSSR count). The Morgan fingerprint density at radius 3 is 0.583 bits per heavy atom. The van der Waals surface area contributed by atoms with E-state index >= 15 is 0 Å². The van der Waals surface area contributed by atoms with E-state index in [1.807, 2.05) is 65.6 Å². The van der Waals surface area contributed by atoms with Crippen molar-refractivity contribution in [2.24, 2.45) is 0 Å². The van der Waals surface area contributed by atoms with E-state index in [1.54, 1.807) is 18.2 Å². The van der Waals surface area contributed by atoms with E-state index in [-0.39, 0.29) is 17.9 Å². The maximum absolute atomic E-state index is 11.3. The first kappa shape index (κ1) is 115. The lowest BCUT2D eigenvalue weighted by Gasteiger charge is -2.37. The van der Waals surface area contributed by atoms with Gasteiger partial charge in [0.25, 0.3) is 0 Å². The second kappa shape index (κ2) is 74.6. The minimum Gasteiger partial charge on any atom is -0.457 e. The largest absolute Gasteiger partial charge is 0.457 e. The van der Waals surface area contributed by atoms with Crippen molar-refractivity contribution >= 4 is 41.8 Å². The lowest BCUT2D eigenvalue weighted by molar-refractivity contribution is -0.927. The van der Waals surface area contributed by atoms with Crippen LogP contribution in [0, 0.1) is 49.4 Å². The van der Waals surface area contributed by atoms with Gasteiger partial charge < -0.3 is 64.5 Å². The summed E-state index contributed by atoms with van der Waals surface area (Å²) in [7, 11) is 6.05. The molecule has 0 aromatic rings. The number of hydrogen-bond acceptors (Lipinski definition) is 14. The van der Waals surface area contributed by atoms with E-state index < -0.39 is 23.9 Å². The highest BCUT2D eigenvalue weighted by Crippen LogP contribution is 2.15. The average Bonchev–Trinajstić information content (AvgIpc) is 0.872. The second-order valence-corrected chi connectivity index (χ2v) is 28.2. The molecule has 0 spiro atoms. The van der Waals surface area contributed by atoms with E-state index in [1.165, 1.54) is 89.4 Å². The van der Waals surface area contributed by atoms with Gasteiger partial charge in [0.05, 0.1) is 139 Å². The van der Waals surface area contributed by atoms with Crippen molar-refractivity contribution in [2.45, 2.75) is 210 Å². The van der Waals surface area contributed by atoms with Crippen LogP contribution >= 0.6 is 0 Å². The Bertz CT molecular complexity index is 2520. The van der Waals surface area contributed by atoms with Crippen molar-refractivity contribution in [2.75, 3.05) is 231 Å². The third-order valence-electron chi connectivity index (χ3n) is 20.1. The molecule has 21 heteroatoms. The first-order valence-corrected chi connectivity index (χ1v) is 41.1. The normalized spacial score (nSPS) is 12.2. The van der Waals surface area contributed by atoms with Gasteiger partial charge in [0, 0.05) is 41.9 Å². The lowest BCUT2D eigenvalue weighted by Crippen LogP contribution is -2.51. The molecule has 0 aliphatic carbocycles. The number of likely N-dealkylation sites (N-methyl/N-ethyl adjacent to an activating group) is 7. The molecule has 0 heterocycles. The van der Waals surface area contributed by atoms with E-state index in [0.717, 1.165) is 188 Å². The van der Waals surface area contributed by atoms with Gasteiger partial charge in [-0.15, -0.1) is 25.7 Å². The fourth-order valence-corrected chi connectivity index (χ4v) is 12.5. The van der Waals surface area contributed by atoms with E-state index in [9.17, 15) is 33.6 Å². The number of nitrogens with zero attached hydrogens (tertiary/aromatic N) is 7. The Morgan fingerprint density at radius 1 is 0.250 bits per heavy atom. The zero-order valence-corrected chi connectivity index (χ0v) is 73.8. The molecular formula is C87H166N7O14+7. The van der Waals surface area contributed by atoms with Crippen molar-refractivity contribution in [3.8, 4) is 49.4 Å². The Hall–Kier alpha value is -6.53. The first-order valence-electron chi connectivity index (χ1n) is 41.1. The summed E-state index contributed by atoms with van der Waals surface area (Å²) in [6.45, 7) is 74.4. The minimum absolute atomic E-state index is 0.223. The van der Waals surface area contributed by atoms with E-state index in [0.29, 0.717) is 46.2 Å². The molecule has 0 saturated heterocycles. The van der Waals surface area contributed by atoms with Crippen LogP contribution in [0.3, 0.4) is 0 Å². The van der Waals surface area contributed by atoms with Gasteiger partial charge in [0.15, 0.2) is 0 Å². The average molecular weight is 1530 g/mol. The number of rotatable bonds is 52. The van der Waals surface area contributed by atoms with Gasteiger partial charge in [-0.05, 0) is 141 Å². The molecule has 0 aliphatic heterocycles. The van der Waals surface area contributed by atoms with E-state index in [4.69, 9.17) is 54.1 Å². The molecule has 2 unspecified atom stereocenters. The first-order chi connectivity index (χ1) is 51.3. The number of hydrogen-bond donors (Lipinski definition) is 0. The summed E-state index contributed by atoms with van der Waals surface area (Å²) in [4.78, 5) is 76.4. The Balaban J connectivity index is -0.000000221. The molecule has 108 heavy (non-hydrogen) atoms. The van der Waals surface area contributed by atoms with Gasteiger partial charge in [-0.25, -0.2) is 33.6 Å². The second-order valence-electron chi connectivity index (χ2n) is 28.2. The van der Waals surface area contributed by atoms with Crippen molar-refractivity contribution in [1.82, 2.24) is 0 Å². The third-order valence-corrected chi connectivity index (χ3v) is 20.1. The summed E-state index contributed by atoms with van der Waals surface area (Å²) in [5, 5.41) is 0. The summed E-state index contributed by atoms with van der Waals surface area (Å²) >= 11 is 0. The van der Waals surface area contributed by atoms with Crippen molar-refractivity contribution in [3.05, 3.63) is 36.5 Å². The molecule has 0 aliphatic rings. The molecular weight excluding hydrogens is 1370 g/mol. The predicted octanol–water partition coefficient (Wildman–Crippen LogP) is 12.8. The van der Waals surface area contributed by atoms with Crippen LogP contribution in [0.5, 0.6) is 0 Å². The number of ether oxygens (including phenoxy) is 7. The fourth-order valence-electron chi connectivity index (χ4n) is 12.5. The van der Waals surface area contributed by atoms with Gasteiger partial charge >= 0.3 is 41.8 Å². The van der Waals surface area contributed by atoms with Crippen LogP contribution in [0.15, 0.2) is 36.5 Å². The van der Waals surface area contributed by atoms with Crippen LogP contribution in [0.4, 0.5) is 0 Å². The molecule has 0 aromatic heterocycles. The summed E-state index contributed by atoms with van der Waals surface area (Å²) in [5.41, 5.74) is 0. The van der Waals surface area contributed by atoms with E-state index in [2.05, 4.69) is 129 Å². The van der Waals surface area contributed by atoms with Gasteiger partial charge in [-0.1, -0.05) is 86.5 Å². The van der Waals surface area contributed by atoms with Crippen molar-refractivity contribution in [3.63, 3.8) is 0 Å². The topological polar surface area (TPSA) is 184 Å². The highest BCUT2D eigenvalue weighted by Gasteiger charge is 2.28. The maximum atomic E-state index is 11.3.